The van der Waals surface area contributed by atoms with Crippen molar-refractivity contribution in [1.29, 1.82) is 0 Å². The second-order valence-electron chi connectivity index (χ2n) is 5.89. The van der Waals surface area contributed by atoms with Crippen LogP contribution < -0.4 is 15.4 Å². The lowest BCUT2D eigenvalue weighted by Crippen LogP contribution is -2.38. The van der Waals surface area contributed by atoms with Crippen molar-refractivity contribution >= 4 is 11.8 Å². The van der Waals surface area contributed by atoms with Gasteiger partial charge in [-0.05, 0) is 36.6 Å². The Bertz CT molecular complexity index is 694. The van der Waals surface area contributed by atoms with Crippen molar-refractivity contribution in [3.05, 3.63) is 65.2 Å². The minimum atomic E-state index is -0.189. The van der Waals surface area contributed by atoms with Gasteiger partial charge in [0.15, 0.2) is 0 Å². The van der Waals surface area contributed by atoms with Crippen LogP contribution in [0.25, 0.3) is 0 Å². The molecule has 2 aromatic rings. The first kappa shape index (κ1) is 18.5. The maximum absolute atomic E-state index is 11.9. The molecule has 0 atom stereocenters. The second-order valence-corrected chi connectivity index (χ2v) is 5.89. The van der Waals surface area contributed by atoms with Crippen molar-refractivity contribution in [2.24, 2.45) is 0 Å². The van der Waals surface area contributed by atoms with E-state index in [-0.39, 0.29) is 24.8 Å². The molecular formula is C20H24N2O3. The molecule has 5 nitrogen and oxygen atoms in total. The minimum absolute atomic E-state index is 0.00664. The van der Waals surface area contributed by atoms with Crippen molar-refractivity contribution in [1.82, 2.24) is 10.6 Å². The lowest BCUT2D eigenvalue weighted by atomic mass is 10.1. The molecule has 0 saturated heterocycles. The summed E-state index contributed by atoms with van der Waals surface area (Å²) in [5.74, 6) is 0.462. The Labute approximate surface area is 148 Å². The average Bonchev–Trinajstić information content (AvgIpc) is 2.62. The van der Waals surface area contributed by atoms with Gasteiger partial charge in [0.1, 0.15) is 5.75 Å². The lowest BCUT2D eigenvalue weighted by Gasteiger charge is -2.08. The van der Waals surface area contributed by atoms with Crippen molar-refractivity contribution < 1.29 is 14.3 Å². The summed E-state index contributed by atoms with van der Waals surface area (Å²) in [6.07, 6.45) is 1.01. The van der Waals surface area contributed by atoms with Gasteiger partial charge in [-0.3, -0.25) is 9.59 Å². The highest BCUT2D eigenvalue weighted by atomic mass is 16.5. The highest BCUT2D eigenvalue weighted by Gasteiger charge is 2.06. The number of benzene rings is 2. The zero-order chi connectivity index (χ0) is 18.1. The maximum atomic E-state index is 11.9. The van der Waals surface area contributed by atoms with E-state index >= 15 is 0 Å². The molecule has 2 amide bonds. The van der Waals surface area contributed by atoms with Crippen molar-refractivity contribution in [3.63, 3.8) is 0 Å². The van der Waals surface area contributed by atoms with Crippen LogP contribution in [0.1, 0.15) is 16.7 Å². The van der Waals surface area contributed by atoms with Crippen LogP contribution in [0.15, 0.2) is 48.5 Å². The normalized spacial score (nSPS) is 10.2. The number of nitrogens with one attached hydrogen (secondary N) is 2. The summed E-state index contributed by atoms with van der Waals surface area (Å²) in [6.45, 7) is 2.52. The highest BCUT2D eigenvalue weighted by molar-refractivity contribution is 5.85. The summed E-state index contributed by atoms with van der Waals surface area (Å²) in [7, 11) is 1.63. The van der Waals surface area contributed by atoms with Gasteiger partial charge in [0.05, 0.1) is 20.1 Å². The van der Waals surface area contributed by atoms with Gasteiger partial charge < -0.3 is 15.4 Å². The third-order valence-electron chi connectivity index (χ3n) is 3.83. The molecule has 0 fully saturated rings. The number of carbonyl (C=O) groups is 2. The molecule has 5 heteroatoms. The van der Waals surface area contributed by atoms with Crippen LogP contribution in [0.3, 0.4) is 0 Å². The molecular weight excluding hydrogens is 316 g/mol. The van der Waals surface area contributed by atoms with Crippen LogP contribution in [0.5, 0.6) is 5.75 Å². The van der Waals surface area contributed by atoms with Crippen LogP contribution in [-0.2, 0) is 22.4 Å². The summed E-state index contributed by atoms with van der Waals surface area (Å²) in [4.78, 5) is 23.6. The van der Waals surface area contributed by atoms with Crippen molar-refractivity contribution in [2.45, 2.75) is 19.8 Å². The molecule has 2 rings (SSSR count). The Balaban J connectivity index is 1.64. The first-order chi connectivity index (χ1) is 12.1. The number of aryl methyl sites for hydroxylation is 1. The SMILES string of the molecule is COc1ccc(CCNC(=O)CNC(=O)Cc2ccc(C)cc2)cc1. The Morgan fingerprint density at radius 1 is 0.880 bits per heavy atom. The van der Waals surface area contributed by atoms with Gasteiger partial charge in [-0.2, -0.15) is 0 Å². The van der Waals surface area contributed by atoms with E-state index in [2.05, 4.69) is 10.6 Å². The Morgan fingerprint density at radius 3 is 2.16 bits per heavy atom. The van der Waals surface area contributed by atoms with E-state index in [4.69, 9.17) is 4.74 Å². The first-order valence-corrected chi connectivity index (χ1v) is 8.28. The van der Waals surface area contributed by atoms with Gasteiger partial charge in [0, 0.05) is 6.54 Å². The summed E-state index contributed by atoms with van der Waals surface area (Å²) in [5.41, 5.74) is 3.20. The van der Waals surface area contributed by atoms with Gasteiger partial charge >= 0.3 is 0 Å². The largest absolute Gasteiger partial charge is 0.497 e. The minimum Gasteiger partial charge on any atom is -0.497 e. The van der Waals surface area contributed by atoms with E-state index < -0.39 is 0 Å². The molecule has 0 unspecified atom stereocenters. The molecule has 2 aromatic carbocycles. The average molecular weight is 340 g/mol. The predicted molar refractivity (Wildman–Crippen MR) is 97.6 cm³/mol. The Morgan fingerprint density at radius 2 is 1.52 bits per heavy atom. The zero-order valence-electron chi connectivity index (χ0n) is 14.7. The maximum Gasteiger partial charge on any atom is 0.239 e. The molecule has 0 aliphatic carbocycles. The van der Waals surface area contributed by atoms with E-state index in [0.717, 1.165) is 28.9 Å². The summed E-state index contributed by atoms with van der Waals surface area (Å²) in [5, 5.41) is 5.44. The van der Waals surface area contributed by atoms with Crippen LogP contribution in [-0.4, -0.2) is 32.0 Å². The van der Waals surface area contributed by atoms with Crippen LogP contribution in [0.2, 0.25) is 0 Å². The van der Waals surface area contributed by atoms with Gasteiger partial charge in [-0.25, -0.2) is 0 Å². The molecule has 0 bridgehead atoms. The van der Waals surface area contributed by atoms with Gasteiger partial charge in [0.25, 0.3) is 0 Å². The Kier molecular flexibility index (Phi) is 7.01. The molecule has 0 heterocycles. The van der Waals surface area contributed by atoms with Gasteiger partial charge in [0.2, 0.25) is 11.8 Å². The van der Waals surface area contributed by atoms with Crippen LogP contribution >= 0.6 is 0 Å². The number of carbonyl (C=O) groups excluding carboxylic acids is 2. The van der Waals surface area contributed by atoms with Gasteiger partial charge in [-0.15, -0.1) is 0 Å². The third kappa shape index (κ3) is 6.67. The number of hydrogen-bond acceptors (Lipinski definition) is 3. The molecule has 0 aliphatic heterocycles. The molecule has 25 heavy (non-hydrogen) atoms. The number of rotatable bonds is 8. The highest BCUT2D eigenvalue weighted by Crippen LogP contribution is 2.11. The van der Waals surface area contributed by atoms with E-state index in [9.17, 15) is 9.59 Å². The number of hydrogen-bond donors (Lipinski definition) is 2. The molecule has 0 aliphatic rings. The lowest BCUT2D eigenvalue weighted by molar-refractivity contribution is -0.125. The molecule has 2 N–H and O–H groups in total. The molecule has 0 aromatic heterocycles. The fourth-order valence-corrected chi connectivity index (χ4v) is 2.33. The first-order valence-electron chi connectivity index (χ1n) is 8.28. The quantitative estimate of drug-likeness (QED) is 0.773. The monoisotopic (exact) mass is 340 g/mol. The van der Waals surface area contributed by atoms with E-state index in [1.165, 1.54) is 0 Å². The van der Waals surface area contributed by atoms with Gasteiger partial charge in [-0.1, -0.05) is 42.0 Å². The zero-order valence-corrected chi connectivity index (χ0v) is 14.7. The molecule has 0 saturated carbocycles. The summed E-state index contributed by atoms with van der Waals surface area (Å²) in [6, 6.07) is 15.5. The topological polar surface area (TPSA) is 67.4 Å². The third-order valence-corrected chi connectivity index (χ3v) is 3.83. The number of ether oxygens (including phenoxy) is 1. The molecule has 0 spiro atoms. The van der Waals surface area contributed by atoms with Crippen molar-refractivity contribution in [3.8, 4) is 5.75 Å². The Hall–Kier alpha value is -2.82. The fraction of sp³-hybridized carbons (Fsp3) is 0.300. The number of methoxy groups -OCH3 is 1. The smallest absolute Gasteiger partial charge is 0.239 e. The summed E-state index contributed by atoms with van der Waals surface area (Å²) < 4.78 is 5.10. The summed E-state index contributed by atoms with van der Waals surface area (Å²) >= 11 is 0. The predicted octanol–water partition coefficient (Wildman–Crippen LogP) is 2.02. The van der Waals surface area contributed by atoms with Crippen LogP contribution in [0, 0.1) is 6.92 Å². The molecule has 132 valence electrons. The van der Waals surface area contributed by atoms with E-state index in [1.54, 1.807) is 7.11 Å². The standard InChI is InChI=1S/C20H24N2O3/c1-15-3-5-17(6-4-15)13-19(23)22-14-20(24)21-12-11-16-7-9-18(25-2)10-8-16/h3-10H,11-14H2,1-2H3,(H,21,24)(H,22,23). The van der Waals surface area contributed by atoms with E-state index in [1.807, 2.05) is 55.5 Å². The fourth-order valence-electron chi connectivity index (χ4n) is 2.33. The van der Waals surface area contributed by atoms with Crippen molar-refractivity contribution in [2.75, 3.05) is 20.2 Å². The molecule has 0 radical (unpaired) electrons. The second kappa shape index (κ2) is 9.47. The number of amides is 2. The van der Waals surface area contributed by atoms with E-state index in [0.29, 0.717) is 6.54 Å². The van der Waals surface area contributed by atoms with Crippen LogP contribution in [0.4, 0.5) is 0 Å².